The molecule has 0 bridgehead atoms. The van der Waals surface area contributed by atoms with Gasteiger partial charge in [-0.05, 0) is 43.9 Å². The van der Waals surface area contributed by atoms with Crippen LogP contribution in [0.5, 0.6) is 0 Å². The lowest BCUT2D eigenvalue weighted by atomic mass is 9.90. The molecule has 2 atom stereocenters. The van der Waals surface area contributed by atoms with Gasteiger partial charge in [0.2, 0.25) is 0 Å². The number of hydrogen-bond acceptors (Lipinski definition) is 7. The summed E-state index contributed by atoms with van der Waals surface area (Å²) < 4.78 is 44.8. The molecule has 4 heterocycles. The lowest BCUT2D eigenvalue weighted by molar-refractivity contribution is 0.0581. The van der Waals surface area contributed by atoms with Gasteiger partial charge in [0.1, 0.15) is 33.5 Å². The van der Waals surface area contributed by atoms with Gasteiger partial charge in [0, 0.05) is 12.1 Å². The van der Waals surface area contributed by atoms with Crippen molar-refractivity contribution in [1.82, 2.24) is 39.6 Å². The Balaban J connectivity index is 1.42. The Labute approximate surface area is 228 Å². The van der Waals surface area contributed by atoms with Crippen LogP contribution in [0.2, 0.25) is 4.34 Å². The number of hydrogen-bond donors (Lipinski definition) is 1. The van der Waals surface area contributed by atoms with Crippen LogP contribution in [-0.4, -0.2) is 46.2 Å². The highest BCUT2D eigenvalue weighted by atomic mass is 35.5. The average Bonchev–Trinajstić information content (AvgIpc) is 3.67. The van der Waals surface area contributed by atoms with E-state index in [1.54, 1.807) is 24.3 Å². The molecule has 6 rings (SSSR count). The topological polar surface area (TPSA) is 103 Å². The van der Waals surface area contributed by atoms with Crippen molar-refractivity contribution in [2.24, 2.45) is 0 Å². The molecule has 1 aromatic carbocycles. The smallest absolute Gasteiger partial charge is 0.335 e. The summed E-state index contributed by atoms with van der Waals surface area (Å²) in [5, 5.41) is 6.92. The van der Waals surface area contributed by atoms with E-state index in [1.807, 2.05) is 4.57 Å². The van der Waals surface area contributed by atoms with Crippen LogP contribution in [0.25, 0.3) is 33.9 Å². The van der Waals surface area contributed by atoms with E-state index in [0.29, 0.717) is 37.9 Å². The Morgan fingerprint density at radius 1 is 1.13 bits per heavy atom. The maximum Gasteiger partial charge on any atom is 0.335 e. The van der Waals surface area contributed by atoms with Crippen molar-refractivity contribution >= 4 is 39.9 Å². The minimum atomic E-state index is -2.89. The molecule has 200 valence electrons. The van der Waals surface area contributed by atoms with Gasteiger partial charge in [-0.15, -0.1) is 0 Å². The molecule has 0 saturated heterocycles. The fourth-order valence-electron chi connectivity index (χ4n) is 5.04. The molecule has 39 heavy (non-hydrogen) atoms. The number of alkyl halides is 2. The highest BCUT2D eigenvalue weighted by Gasteiger charge is 2.30. The van der Waals surface area contributed by atoms with E-state index >= 15 is 0 Å². The Morgan fingerprint density at radius 2 is 1.97 bits per heavy atom. The zero-order chi connectivity index (χ0) is 27.1. The number of fused-ring (bicyclic) bond motifs is 1. The number of nitrogens with one attached hydrogen (secondary N) is 1. The molecule has 1 fully saturated rings. The van der Waals surface area contributed by atoms with Crippen LogP contribution in [0.15, 0.2) is 49.1 Å². The van der Waals surface area contributed by atoms with Crippen molar-refractivity contribution < 1.29 is 18.0 Å². The second kappa shape index (κ2) is 10.4. The van der Waals surface area contributed by atoms with Gasteiger partial charge in [0.05, 0.1) is 23.5 Å². The molecule has 9 nitrogen and oxygen atoms in total. The van der Waals surface area contributed by atoms with Crippen LogP contribution in [0, 0.1) is 5.82 Å². The molecule has 1 saturated carbocycles. The summed E-state index contributed by atoms with van der Waals surface area (Å²) in [6, 6.07) is 7.59. The van der Waals surface area contributed by atoms with Gasteiger partial charge < -0.3 is 9.88 Å². The van der Waals surface area contributed by atoms with Gasteiger partial charge in [-0.2, -0.15) is 18.6 Å². The van der Waals surface area contributed by atoms with E-state index in [-0.39, 0.29) is 34.5 Å². The number of nitrogens with zero attached hydrogens (tertiary/aromatic N) is 7. The van der Waals surface area contributed by atoms with Crippen LogP contribution >= 0.6 is 22.9 Å². The molecular weight excluding hydrogens is 553 g/mol. The number of imidazole rings is 1. The third-order valence-electron chi connectivity index (χ3n) is 6.70. The summed E-state index contributed by atoms with van der Waals surface area (Å²) in [4.78, 5) is 29.8. The Hall–Kier alpha value is -3.84. The van der Waals surface area contributed by atoms with Gasteiger partial charge in [0.15, 0.2) is 10.8 Å². The van der Waals surface area contributed by atoms with Crippen molar-refractivity contribution in [3.63, 3.8) is 0 Å². The Kier molecular flexibility index (Phi) is 6.77. The highest BCUT2D eigenvalue weighted by Crippen LogP contribution is 2.38. The van der Waals surface area contributed by atoms with Crippen LogP contribution in [0.1, 0.15) is 48.1 Å². The number of carbonyl (C=O) groups is 1. The number of halogens is 4. The maximum absolute atomic E-state index is 15.0. The van der Waals surface area contributed by atoms with Gasteiger partial charge in [-0.3, -0.25) is 9.78 Å². The summed E-state index contributed by atoms with van der Waals surface area (Å²) in [5.41, 5.74) is 1.55. The summed E-state index contributed by atoms with van der Waals surface area (Å²) in [5.74, 6) is -0.453. The number of thiazole rings is 1. The monoisotopic (exact) mass is 572 g/mol. The third kappa shape index (κ3) is 4.87. The van der Waals surface area contributed by atoms with Crippen LogP contribution in [0.3, 0.4) is 0 Å². The van der Waals surface area contributed by atoms with Crippen molar-refractivity contribution in [3.05, 3.63) is 64.2 Å². The van der Waals surface area contributed by atoms with Gasteiger partial charge in [-0.25, -0.2) is 19.3 Å². The average molecular weight is 573 g/mol. The molecule has 1 aliphatic rings. The largest absolute Gasteiger partial charge is 0.347 e. The van der Waals surface area contributed by atoms with Gasteiger partial charge >= 0.3 is 6.55 Å². The summed E-state index contributed by atoms with van der Waals surface area (Å²) in [6.45, 7) is -2.89. The second-order valence-corrected chi connectivity index (χ2v) is 10.8. The molecule has 14 heteroatoms. The van der Waals surface area contributed by atoms with Crippen LogP contribution in [-0.2, 0) is 0 Å². The SMILES string of the molecule is O=C(N[C@H]1CCC[C@@H](n2c(-c3ccccc3F)nc3cnc(-c4ncnn4C(F)F)cc32)C1)c1ncc(Cl)s1. The molecule has 1 aliphatic carbocycles. The molecule has 0 unspecified atom stereocenters. The number of aromatic nitrogens is 7. The zero-order valence-corrected chi connectivity index (χ0v) is 21.7. The maximum atomic E-state index is 15.0. The number of rotatable bonds is 6. The summed E-state index contributed by atoms with van der Waals surface area (Å²) in [7, 11) is 0. The van der Waals surface area contributed by atoms with Crippen LogP contribution in [0.4, 0.5) is 13.2 Å². The van der Waals surface area contributed by atoms with E-state index in [4.69, 9.17) is 16.6 Å². The second-order valence-electron chi connectivity index (χ2n) is 9.11. The first-order valence-corrected chi connectivity index (χ1v) is 13.3. The highest BCUT2D eigenvalue weighted by molar-refractivity contribution is 7.17. The predicted octanol–water partition coefficient (Wildman–Crippen LogP) is 5.91. The molecule has 1 N–H and O–H groups in total. The van der Waals surface area contributed by atoms with E-state index in [9.17, 15) is 18.0 Å². The van der Waals surface area contributed by atoms with E-state index in [0.717, 1.165) is 36.9 Å². The summed E-state index contributed by atoms with van der Waals surface area (Å²) >= 11 is 7.04. The van der Waals surface area contributed by atoms with Crippen molar-refractivity contribution in [2.45, 2.75) is 44.3 Å². The minimum absolute atomic E-state index is 0.0945. The lowest BCUT2D eigenvalue weighted by Gasteiger charge is -2.32. The molecule has 5 aromatic rings. The number of pyridine rings is 1. The number of carbonyl (C=O) groups excluding carboxylic acids is 1. The zero-order valence-electron chi connectivity index (χ0n) is 20.1. The van der Waals surface area contributed by atoms with Crippen molar-refractivity contribution in [1.29, 1.82) is 0 Å². The predicted molar refractivity (Wildman–Crippen MR) is 139 cm³/mol. The molecule has 4 aromatic heterocycles. The van der Waals surface area contributed by atoms with Crippen molar-refractivity contribution in [3.8, 4) is 22.9 Å². The van der Waals surface area contributed by atoms with Crippen molar-refractivity contribution in [2.75, 3.05) is 0 Å². The van der Waals surface area contributed by atoms with Gasteiger partial charge in [0.25, 0.3) is 5.91 Å². The Bertz CT molecular complexity index is 1670. The standard InChI is InChI=1S/C25H20ClF3N8OS/c26-20-11-31-24(39-20)23(38)34-13-4-3-5-14(8-13)36-19-9-17(22-32-12-33-37(22)25(28)29)30-10-18(19)35-21(36)15-6-1-2-7-16(15)27/h1-2,6-7,9-14,25H,3-5,8H2,(H,34,38)/t13-,14+/m0/s1. The summed E-state index contributed by atoms with van der Waals surface area (Å²) in [6.07, 6.45) is 6.78. The molecule has 0 spiro atoms. The van der Waals surface area contributed by atoms with E-state index < -0.39 is 12.4 Å². The first-order valence-electron chi connectivity index (χ1n) is 12.1. The third-order valence-corrected chi connectivity index (χ3v) is 7.81. The van der Waals surface area contributed by atoms with Crippen LogP contribution < -0.4 is 5.32 Å². The normalized spacial score (nSPS) is 17.7. The number of benzene rings is 1. The quantitative estimate of drug-likeness (QED) is 0.271. The number of amides is 1. The Morgan fingerprint density at radius 3 is 2.74 bits per heavy atom. The molecule has 0 aliphatic heterocycles. The fourth-order valence-corrected chi connectivity index (χ4v) is 5.85. The first kappa shape index (κ1) is 25.4. The van der Waals surface area contributed by atoms with Gasteiger partial charge in [-0.1, -0.05) is 35.1 Å². The lowest BCUT2D eigenvalue weighted by Crippen LogP contribution is -2.39. The van der Waals surface area contributed by atoms with E-state index in [1.165, 1.54) is 18.5 Å². The molecule has 0 radical (unpaired) electrons. The molecular formula is C25H20ClF3N8OS. The molecule has 1 amide bonds. The van der Waals surface area contributed by atoms with E-state index in [2.05, 4.69) is 25.4 Å². The fraction of sp³-hybridized carbons (Fsp3) is 0.280. The first-order chi connectivity index (χ1) is 18.9. The minimum Gasteiger partial charge on any atom is -0.347 e.